The maximum absolute atomic E-state index is 11.0. The first kappa shape index (κ1) is 13.8. The molecule has 2 aromatic rings. The van der Waals surface area contributed by atoms with Crippen LogP contribution in [0, 0.1) is 0 Å². The molecule has 19 heavy (non-hydrogen) atoms. The summed E-state index contributed by atoms with van der Waals surface area (Å²) in [6.07, 6.45) is 0. The summed E-state index contributed by atoms with van der Waals surface area (Å²) in [6, 6.07) is 17.1. The Hall–Kier alpha value is -1.65. The van der Waals surface area contributed by atoms with Crippen LogP contribution in [0.1, 0.15) is 12.5 Å². The van der Waals surface area contributed by atoms with Gasteiger partial charge in [-0.25, -0.2) is 0 Å². The zero-order chi connectivity index (χ0) is 13.7. The molecule has 0 amide bonds. The number of hydrogen-bond donors (Lipinski definition) is 0. The zero-order valence-corrected chi connectivity index (χ0v) is 11.6. The van der Waals surface area contributed by atoms with Gasteiger partial charge in [-0.1, -0.05) is 30.3 Å². The second kappa shape index (κ2) is 6.50. The highest BCUT2D eigenvalue weighted by atomic mass is 32.2. The SMILES string of the molecule is CCN(Cc1cccc(S(=O)[O-])c1)c1ccccc1. The van der Waals surface area contributed by atoms with Gasteiger partial charge in [0.05, 0.1) is 0 Å². The van der Waals surface area contributed by atoms with Crippen LogP contribution in [0.15, 0.2) is 59.5 Å². The zero-order valence-electron chi connectivity index (χ0n) is 10.8. The predicted molar refractivity (Wildman–Crippen MR) is 76.8 cm³/mol. The van der Waals surface area contributed by atoms with Gasteiger partial charge in [0.25, 0.3) is 0 Å². The molecular weight excluding hydrogens is 258 g/mol. The van der Waals surface area contributed by atoms with Gasteiger partial charge in [0.2, 0.25) is 0 Å². The van der Waals surface area contributed by atoms with Crippen molar-refractivity contribution in [3.05, 3.63) is 60.2 Å². The number of rotatable bonds is 5. The van der Waals surface area contributed by atoms with E-state index in [1.54, 1.807) is 18.2 Å². The summed E-state index contributed by atoms with van der Waals surface area (Å²) in [5.74, 6) is 0. The summed E-state index contributed by atoms with van der Waals surface area (Å²) in [5.41, 5.74) is 2.13. The molecule has 0 aliphatic heterocycles. The summed E-state index contributed by atoms with van der Waals surface area (Å²) < 4.78 is 21.9. The van der Waals surface area contributed by atoms with Gasteiger partial charge in [-0.05, 0) is 47.8 Å². The standard InChI is InChI=1S/C15H17NO2S/c1-2-16(14-8-4-3-5-9-14)12-13-7-6-10-15(11-13)19(17)18/h3-11H,2,12H2,1H3,(H,17,18)/p-1. The first-order chi connectivity index (χ1) is 9.20. The molecule has 0 aliphatic carbocycles. The largest absolute Gasteiger partial charge is 0.768 e. The average molecular weight is 274 g/mol. The van der Waals surface area contributed by atoms with Crippen molar-refractivity contribution in [2.24, 2.45) is 0 Å². The van der Waals surface area contributed by atoms with Crippen LogP contribution >= 0.6 is 0 Å². The quantitative estimate of drug-likeness (QED) is 0.787. The second-order valence-corrected chi connectivity index (χ2v) is 5.17. The Labute approximate surface area is 116 Å². The third kappa shape index (κ3) is 3.66. The predicted octanol–water partition coefficient (Wildman–Crippen LogP) is 2.95. The Bertz CT molecular complexity index is 557. The fourth-order valence-electron chi connectivity index (χ4n) is 1.99. The third-order valence-electron chi connectivity index (χ3n) is 2.97. The van der Waals surface area contributed by atoms with E-state index in [9.17, 15) is 8.76 Å². The summed E-state index contributed by atoms with van der Waals surface area (Å²) >= 11 is -2.17. The van der Waals surface area contributed by atoms with Gasteiger partial charge in [0.1, 0.15) is 0 Å². The van der Waals surface area contributed by atoms with Crippen molar-refractivity contribution in [1.29, 1.82) is 0 Å². The van der Waals surface area contributed by atoms with Crippen molar-refractivity contribution in [1.82, 2.24) is 0 Å². The number of nitrogens with zero attached hydrogens (tertiary/aromatic N) is 1. The minimum atomic E-state index is -2.17. The molecule has 4 heteroatoms. The highest BCUT2D eigenvalue weighted by molar-refractivity contribution is 7.79. The summed E-state index contributed by atoms with van der Waals surface area (Å²) in [4.78, 5) is 2.54. The van der Waals surface area contributed by atoms with Crippen molar-refractivity contribution < 1.29 is 8.76 Å². The molecule has 0 fully saturated rings. The maximum Gasteiger partial charge on any atom is 0.0429 e. The molecule has 0 saturated heterocycles. The Morgan fingerprint density at radius 1 is 1.11 bits per heavy atom. The fraction of sp³-hybridized carbons (Fsp3) is 0.200. The first-order valence-electron chi connectivity index (χ1n) is 6.19. The Morgan fingerprint density at radius 3 is 2.47 bits per heavy atom. The van der Waals surface area contributed by atoms with E-state index >= 15 is 0 Å². The lowest BCUT2D eigenvalue weighted by Crippen LogP contribution is -2.21. The van der Waals surface area contributed by atoms with E-state index in [1.807, 2.05) is 24.3 Å². The number of benzene rings is 2. The molecule has 0 heterocycles. The van der Waals surface area contributed by atoms with Crippen LogP contribution in [-0.2, 0) is 17.6 Å². The highest BCUT2D eigenvalue weighted by Gasteiger charge is 2.05. The molecule has 1 unspecified atom stereocenters. The molecule has 2 aromatic carbocycles. The monoisotopic (exact) mass is 274 g/mol. The molecule has 0 spiro atoms. The van der Waals surface area contributed by atoms with Crippen LogP contribution in [0.2, 0.25) is 0 Å². The topological polar surface area (TPSA) is 43.4 Å². The van der Waals surface area contributed by atoms with E-state index in [-0.39, 0.29) is 0 Å². The van der Waals surface area contributed by atoms with Gasteiger partial charge in [0.15, 0.2) is 0 Å². The van der Waals surface area contributed by atoms with E-state index in [4.69, 9.17) is 0 Å². The molecular formula is C15H16NO2S-. The smallest absolute Gasteiger partial charge is 0.0429 e. The van der Waals surface area contributed by atoms with Crippen LogP contribution in [-0.4, -0.2) is 15.3 Å². The molecule has 3 nitrogen and oxygen atoms in total. The molecule has 0 radical (unpaired) electrons. The lowest BCUT2D eigenvalue weighted by atomic mass is 10.2. The Morgan fingerprint density at radius 2 is 1.84 bits per heavy atom. The van der Waals surface area contributed by atoms with Gasteiger partial charge < -0.3 is 9.45 Å². The van der Waals surface area contributed by atoms with Gasteiger partial charge in [-0.3, -0.25) is 4.21 Å². The van der Waals surface area contributed by atoms with Crippen molar-refractivity contribution in [2.75, 3.05) is 11.4 Å². The molecule has 0 bridgehead atoms. The summed E-state index contributed by atoms with van der Waals surface area (Å²) in [7, 11) is 0. The highest BCUT2D eigenvalue weighted by Crippen LogP contribution is 2.17. The molecule has 0 aromatic heterocycles. The lowest BCUT2D eigenvalue weighted by Gasteiger charge is -2.23. The summed E-state index contributed by atoms with van der Waals surface area (Å²) in [5, 5.41) is 0. The number of para-hydroxylation sites is 1. The number of hydrogen-bond acceptors (Lipinski definition) is 3. The van der Waals surface area contributed by atoms with Crippen LogP contribution in [0.3, 0.4) is 0 Å². The van der Waals surface area contributed by atoms with Crippen molar-refractivity contribution >= 4 is 16.8 Å². The fourth-order valence-corrected chi connectivity index (χ4v) is 2.43. The molecule has 0 aliphatic rings. The third-order valence-corrected chi connectivity index (χ3v) is 3.61. The Balaban J connectivity index is 2.19. The lowest BCUT2D eigenvalue weighted by molar-refractivity contribution is 0.537. The number of anilines is 1. The van der Waals surface area contributed by atoms with Crippen LogP contribution in [0.25, 0.3) is 0 Å². The molecule has 0 saturated carbocycles. The first-order valence-corrected chi connectivity index (χ1v) is 7.26. The minimum absolute atomic E-state index is 0.335. The van der Waals surface area contributed by atoms with Gasteiger partial charge in [0, 0.05) is 23.7 Å². The van der Waals surface area contributed by atoms with Crippen molar-refractivity contribution in [3.63, 3.8) is 0 Å². The normalized spacial score (nSPS) is 12.1. The second-order valence-electron chi connectivity index (χ2n) is 4.23. The molecule has 2 rings (SSSR count). The van der Waals surface area contributed by atoms with Gasteiger partial charge >= 0.3 is 0 Å². The van der Waals surface area contributed by atoms with Crippen LogP contribution < -0.4 is 4.90 Å². The molecule has 100 valence electrons. The van der Waals surface area contributed by atoms with E-state index < -0.39 is 11.1 Å². The van der Waals surface area contributed by atoms with Crippen molar-refractivity contribution in [3.8, 4) is 0 Å². The van der Waals surface area contributed by atoms with E-state index in [2.05, 4.69) is 24.0 Å². The van der Waals surface area contributed by atoms with Crippen LogP contribution in [0.4, 0.5) is 5.69 Å². The van der Waals surface area contributed by atoms with Crippen LogP contribution in [0.5, 0.6) is 0 Å². The van der Waals surface area contributed by atoms with Gasteiger partial charge in [-0.2, -0.15) is 0 Å². The summed E-state index contributed by atoms with van der Waals surface area (Å²) in [6.45, 7) is 3.66. The van der Waals surface area contributed by atoms with Crippen molar-refractivity contribution in [2.45, 2.75) is 18.4 Å². The average Bonchev–Trinajstić information content (AvgIpc) is 2.46. The van der Waals surface area contributed by atoms with E-state index in [1.165, 1.54) is 0 Å². The maximum atomic E-state index is 11.0. The molecule has 0 N–H and O–H groups in total. The minimum Gasteiger partial charge on any atom is -0.768 e. The van der Waals surface area contributed by atoms with E-state index in [0.717, 1.165) is 17.8 Å². The van der Waals surface area contributed by atoms with E-state index in [0.29, 0.717) is 11.4 Å². The Kier molecular flexibility index (Phi) is 4.71. The molecule has 1 atom stereocenters. The van der Waals surface area contributed by atoms with Gasteiger partial charge in [-0.15, -0.1) is 0 Å².